The third-order valence-electron chi connectivity index (χ3n) is 6.43. The Morgan fingerprint density at radius 2 is 1.93 bits per heavy atom. The Labute approximate surface area is 172 Å². The minimum Gasteiger partial charge on any atom is -0.492 e. The lowest BCUT2D eigenvalue weighted by molar-refractivity contribution is -0.115. The summed E-state index contributed by atoms with van der Waals surface area (Å²) in [5.74, 6) is 1.63. The van der Waals surface area contributed by atoms with Crippen molar-refractivity contribution in [3.63, 3.8) is 0 Å². The Balaban J connectivity index is 1.01. The Morgan fingerprint density at radius 3 is 2.76 bits per heavy atom. The van der Waals surface area contributed by atoms with E-state index >= 15 is 0 Å². The molecule has 2 N–H and O–H groups in total. The normalized spacial score (nSPS) is 24.2. The maximum Gasteiger partial charge on any atom is 0.228 e. The first kappa shape index (κ1) is 18.6. The van der Waals surface area contributed by atoms with E-state index in [1.165, 1.54) is 24.8 Å². The summed E-state index contributed by atoms with van der Waals surface area (Å²) >= 11 is 0. The first-order chi connectivity index (χ1) is 14.2. The molecule has 3 aliphatic rings. The molecule has 2 aliphatic heterocycles. The van der Waals surface area contributed by atoms with Crippen LogP contribution in [-0.4, -0.2) is 49.1 Å². The fourth-order valence-corrected chi connectivity index (χ4v) is 4.66. The molecule has 2 fully saturated rings. The number of amides is 1. The van der Waals surface area contributed by atoms with E-state index in [1.807, 2.05) is 18.2 Å². The average molecular weight is 392 g/mol. The number of piperidine rings is 1. The number of likely N-dealkylation sites (tertiary alicyclic amines) is 1. The highest BCUT2D eigenvalue weighted by Gasteiger charge is 2.39. The molecule has 0 unspecified atom stereocenters. The Morgan fingerprint density at radius 1 is 1.10 bits per heavy atom. The number of rotatable bonds is 7. The number of hydrogen-bond acceptors (Lipinski definition) is 4. The summed E-state index contributed by atoms with van der Waals surface area (Å²) < 4.78 is 5.94. The summed E-state index contributed by atoms with van der Waals surface area (Å²) in [6, 6.07) is 18.1. The molecular weight excluding hydrogens is 362 g/mol. The van der Waals surface area contributed by atoms with Crippen molar-refractivity contribution in [1.82, 2.24) is 10.2 Å². The van der Waals surface area contributed by atoms with Crippen molar-refractivity contribution in [3.8, 4) is 5.75 Å². The van der Waals surface area contributed by atoms with Crippen LogP contribution in [0, 0.1) is 0 Å². The molecule has 0 spiro atoms. The van der Waals surface area contributed by atoms with Crippen molar-refractivity contribution in [2.24, 2.45) is 0 Å². The first-order valence-electron chi connectivity index (χ1n) is 10.8. The highest BCUT2D eigenvalue weighted by Crippen LogP contribution is 2.41. The maximum atomic E-state index is 11.5. The second-order valence-corrected chi connectivity index (χ2v) is 8.53. The Bertz CT molecular complexity index is 862. The SMILES string of the molecule is O=C1Cc2cc(OCCN3CCC(N[C@@H]4C[C@H]4c4ccccc4)CC3)ccc2N1. The second-order valence-electron chi connectivity index (χ2n) is 8.53. The lowest BCUT2D eigenvalue weighted by atomic mass is 10.0. The average Bonchev–Trinajstić information content (AvgIpc) is 3.41. The molecule has 1 saturated heterocycles. The third-order valence-corrected chi connectivity index (χ3v) is 6.43. The predicted molar refractivity (Wildman–Crippen MR) is 114 cm³/mol. The number of fused-ring (bicyclic) bond motifs is 1. The summed E-state index contributed by atoms with van der Waals surface area (Å²) in [7, 11) is 0. The van der Waals surface area contributed by atoms with Gasteiger partial charge in [0.25, 0.3) is 0 Å². The smallest absolute Gasteiger partial charge is 0.228 e. The van der Waals surface area contributed by atoms with Gasteiger partial charge in [0.1, 0.15) is 12.4 Å². The van der Waals surface area contributed by atoms with Crippen LogP contribution >= 0.6 is 0 Å². The van der Waals surface area contributed by atoms with Crippen LogP contribution in [0.15, 0.2) is 48.5 Å². The number of nitrogens with one attached hydrogen (secondary N) is 2. The van der Waals surface area contributed by atoms with E-state index in [0.717, 1.165) is 36.6 Å². The van der Waals surface area contributed by atoms with Gasteiger partial charge in [0, 0.05) is 30.2 Å². The van der Waals surface area contributed by atoms with Crippen LogP contribution in [0.5, 0.6) is 5.75 Å². The number of nitrogens with zero attached hydrogens (tertiary/aromatic N) is 1. The topological polar surface area (TPSA) is 53.6 Å². The van der Waals surface area contributed by atoms with Gasteiger partial charge in [-0.05, 0) is 61.7 Å². The fraction of sp³-hybridized carbons (Fsp3) is 0.458. The van der Waals surface area contributed by atoms with E-state index in [2.05, 4.69) is 45.9 Å². The maximum absolute atomic E-state index is 11.5. The van der Waals surface area contributed by atoms with Gasteiger partial charge in [-0.2, -0.15) is 0 Å². The summed E-state index contributed by atoms with van der Waals surface area (Å²) in [5, 5.41) is 6.74. The van der Waals surface area contributed by atoms with Crippen LogP contribution in [0.4, 0.5) is 5.69 Å². The molecular formula is C24H29N3O2. The minimum absolute atomic E-state index is 0.0647. The molecule has 2 heterocycles. The van der Waals surface area contributed by atoms with E-state index in [-0.39, 0.29) is 5.91 Å². The van der Waals surface area contributed by atoms with Gasteiger partial charge in [0.2, 0.25) is 5.91 Å². The molecule has 29 heavy (non-hydrogen) atoms. The van der Waals surface area contributed by atoms with Crippen molar-refractivity contribution in [3.05, 3.63) is 59.7 Å². The van der Waals surface area contributed by atoms with Crippen LogP contribution in [0.3, 0.4) is 0 Å². The lowest BCUT2D eigenvalue weighted by Gasteiger charge is -2.32. The first-order valence-corrected chi connectivity index (χ1v) is 10.8. The molecule has 2 atom stereocenters. The molecule has 2 aromatic rings. The Kier molecular flexibility index (Phi) is 5.25. The standard InChI is InChI=1S/C24H29N3O2/c28-24-15-18-14-20(6-7-22(18)26-24)29-13-12-27-10-8-19(9-11-27)25-23-16-21(23)17-4-2-1-3-5-17/h1-7,14,19,21,23,25H,8-13,15-16H2,(H,26,28)/t21-,23+/m0/s1. The predicted octanol–water partition coefficient (Wildman–Crippen LogP) is 3.17. The Hall–Kier alpha value is -2.37. The van der Waals surface area contributed by atoms with Gasteiger partial charge < -0.3 is 15.4 Å². The molecule has 152 valence electrons. The molecule has 2 aromatic carbocycles. The van der Waals surface area contributed by atoms with Gasteiger partial charge in [-0.1, -0.05) is 30.3 Å². The zero-order chi connectivity index (χ0) is 19.6. The van der Waals surface area contributed by atoms with Gasteiger partial charge >= 0.3 is 0 Å². The van der Waals surface area contributed by atoms with Crippen molar-refractivity contribution >= 4 is 11.6 Å². The molecule has 5 rings (SSSR count). The van der Waals surface area contributed by atoms with Gasteiger partial charge in [-0.3, -0.25) is 9.69 Å². The number of carbonyl (C=O) groups excluding carboxylic acids is 1. The third kappa shape index (κ3) is 4.46. The minimum atomic E-state index is 0.0647. The number of hydrogen-bond donors (Lipinski definition) is 2. The number of anilines is 1. The van der Waals surface area contributed by atoms with Crippen LogP contribution in [-0.2, 0) is 11.2 Å². The number of ether oxygens (including phenoxy) is 1. The van der Waals surface area contributed by atoms with Crippen molar-refractivity contribution in [1.29, 1.82) is 0 Å². The summed E-state index contributed by atoms with van der Waals surface area (Å²) in [6.07, 6.45) is 4.16. The molecule has 0 bridgehead atoms. The summed E-state index contributed by atoms with van der Waals surface area (Å²) in [6.45, 7) is 3.91. The zero-order valence-corrected chi connectivity index (χ0v) is 16.8. The molecule has 5 nitrogen and oxygen atoms in total. The van der Waals surface area contributed by atoms with Gasteiger partial charge in [-0.15, -0.1) is 0 Å². The lowest BCUT2D eigenvalue weighted by Crippen LogP contribution is -2.44. The van der Waals surface area contributed by atoms with E-state index in [9.17, 15) is 4.79 Å². The quantitative estimate of drug-likeness (QED) is 0.761. The monoisotopic (exact) mass is 391 g/mol. The van der Waals surface area contributed by atoms with Gasteiger partial charge in [0.15, 0.2) is 0 Å². The summed E-state index contributed by atoms with van der Waals surface area (Å²) in [4.78, 5) is 14.0. The van der Waals surface area contributed by atoms with Crippen molar-refractivity contribution in [2.75, 3.05) is 31.6 Å². The fourth-order valence-electron chi connectivity index (χ4n) is 4.66. The summed E-state index contributed by atoms with van der Waals surface area (Å²) in [5.41, 5.74) is 3.43. The second kappa shape index (κ2) is 8.17. The van der Waals surface area contributed by atoms with Crippen molar-refractivity contribution in [2.45, 2.75) is 43.7 Å². The number of carbonyl (C=O) groups is 1. The molecule has 1 aliphatic carbocycles. The van der Waals surface area contributed by atoms with E-state index < -0.39 is 0 Å². The molecule has 5 heteroatoms. The van der Waals surface area contributed by atoms with Crippen LogP contribution in [0.1, 0.15) is 36.3 Å². The van der Waals surface area contributed by atoms with Crippen LogP contribution in [0.2, 0.25) is 0 Å². The molecule has 1 amide bonds. The van der Waals surface area contributed by atoms with Crippen LogP contribution < -0.4 is 15.4 Å². The van der Waals surface area contributed by atoms with E-state index in [0.29, 0.717) is 31.0 Å². The highest BCUT2D eigenvalue weighted by molar-refractivity contribution is 5.99. The number of benzene rings is 2. The van der Waals surface area contributed by atoms with Crippen molar-refractivity contribution < 1.29 is 9.53 Å². The molecule has 0 radical (unpaired) electrons. The van der Waals surface area contributed by atoms with Gasteiger partial charge in [-0.25, -0.2) is 0 Å². The van der Waals surface area contributed by atoms with Gasteiger partial charge in [0.05, 0.1) is 6.42 Å². The largest absolute Gasteiger partial charge is 0.492 e. The highest BCUT2D eigenvalue weighted by atomic mass is 16.5. The van der Waals surface area contributed by atoms with E-state index in [1.54, 1.807) is 0 Å². The zero-order valence-electron chi connectivity index (χ0n) is 16.8. The molecule has 1 saturated carbocycles. The van der Waals surface area contributed by atoms with Crippen LogP contribution in [0.25, 0.3) is 0 Å². The van der Waals surface area contributed by atoms with E-state index in [4.69, 9.17) is 4.74 Å². The molecule has 0 aromatic heterocycles.